The highest BCUT2D eigenvalue weighted by Crippen LogP contribution is 2.09. The summed E-state index contributed by atoms with van der Waals surface area (Å²) in [5.41, 5.74) is 0.941. The molecular weight excluding hydrogens is 218 g/mol. The van der Waals surface area contributed by atoms with E-state index in [0.717, 1.165) is 57.1 Å². The monoisotopic (exact) mass is 239 g/mol. The van der Waals surface area contributed by atoms with Gasteiger partial charge in [-0.05, 0) is 26.4 Å². The normalized spacial score (nSPS) is 19.4. The van der Waals surface area contributed by atoms with Crippen LogP contribution in [0.15, 0.2) is 10.6 Å². The van der Waals surface area contributed by atoms with Crippen LogP contribution < -0.4 is 0 Å². The Labute approximate surface area is 102 Å². The van der Waals surface area contributed by atoms with Crippen molar-refractivity contribution in [2.75, 3.05) is 39.3 Å². The molecule has 1 aliphatic rings. The minimum absolute atomic E-state index is 0.251. The molecule has 0 saturated carbocycles. The van der Waals surface area contributed by atoms with Crippen molar-refractivity contribution >= 4 is 0 Å². The third-order valence-corrected chi connectivity index (χ3v) is 3.15. The molecule has 2 rings (SSSR count). The number of hydrogen-bond acceptors (Lipinski definition) is 5. The number of hydrogen-bond donors (Lipinski definition) is 1. The number of aryl methyl sites for hydroxylation is 1. The van der Waals surface area contributed by atoms with Gasteiger partial charge in [0.25, 0.3) is 0 Å². The van der Waals surface area contributed by atoms with Crippen molar-refractivity contribution in [3.63, 3.8) is 0 Å². The SMILES string of the molecule is Cc1cc(CN2CCCN(CCO)CC2)on1. The van der Waals surface area contributed by atoms with Crippen LogP contribution in [0.4, 0.5) is 0 Å². The Hall–Kier alpha value is -0.910. The quantitative estimate of drug-likeness (QED) is 0.828. The summed E-state index contributed by atoms with van der Waals surface area (Å²) in [4.78, 5) is 4.70. The average molecular weight is 239 g/mol. The average Bonchev–Trinajstić information content (AvgIpc) is 2.58. The van der Waals surface area contributed by atoms with Gasteiger partial charge < -0.3 is 9.63 Å². The molecule has 1 aliphatic heterocycles. The summed E-state index contributed by atoms with van der Waals surface area (Å²) in [6.45, 7) is 8.03. The Morgan fingerprint density at radius 1 is 1.29 bits per heavy atom. The Balaban J connectivity index is 1.82. The summed E-state index contributed by atoms with van der Waals surface area (Å²) in [6, 6.07) is 2.00. The Kier molecular flexibility index (Phi) is 4.53. The van der Waals surface area contributed by atoms with E-state index in [9.17, 15) is 0 Å². The summed E-state index contributed by atoms with van der Waals surface area (Å²) >= 11 is 0. The number of rotatable bonds is 4. The molecule has 0 radical (unpaired) electrons. The van der Waals surface area contributed by atoms with E-state index in [2.05, 4.69) is 15.0 Å². The lowest BCUT2D eigenvalue weighted by Gasteiger charge is -2.19. The van der Waals surface area contributed by atoms with Crippen LogP contribution in [0, 0.1) is 6.92 Å². The lowest BCUT2D eigenvalue weighted by atomic mass is 10.3. The predicted molar refractivity (Wildman–Crippen MR) is 64.7 cm³/mol. The van der Waals surface area contributed by atoms with E-state index in [1.165, 1.54) is 0 Å². The van der Waals surface area contributed by atoms with Gasteiger partial charge in [0.1, 0.15) is 0 Å². The summed E-state index contributed by atoms with van der Waals surface area (Å²) in [5.74, 6) is 0.943. The molecule has 17 heavy (non-hydrogen) atoms. The van der Waals surface area contributed by atoms with Crippen LogP contribution in [0.1, 0.15) is 17.9 Å². The van der Waals surface area contributed by atoms with Crippen LogP contribution in [0.5, 0.6) is 0 Å². The van der Waals surface area contributed by atoms with E-state index in [0.29, 0.717) is 0 Å². The van der Waals surface area contributed by atoms with Gasteiger partial charge in [-0.3, -0.25) is 9.80 Å². The molecule has 1 aromatic rings. The molecule has 1 N–H and O–H groups in total. The van der Waals surface area contributed by atoms with Gasteiger partial charge in [-0.1, -0.05) is 5.16 Å². The fourth-order valence-corrected chi connectivity index (χ4v) is 2.26. The van der Waals surface area contributed by atoms with E-state index in [1.54, 1.807) is 0 Å². The van der Waals surface area contributed by atoms with Crippen molar-refractivity contribution < 1.29 is 9.63 Å². The van der Waals surface area contributed by atoms with E-state index in [1.807, 2.05) is 13.0 Å². The van der Waals surface area contributed by atoms with Gasteiger partial charge in [0.05, 0.1) is 18.8 Å². The van der Waals surface area contributed by atoms with Crippen molar-refractivity contribution in [1.82, 2.24) is 15.0 Å². The van der Waals surface area contributed by atoms with Crippen molar-refractivity contribution in [2.24, 2.45) is 0 Å². The van der Waals surface area contributed by atoms with Gasteiger partial charge in [0, 0.05) is 25.7 Å². The molecule has 0 aliphatic carbocycles. The van der Waals surface area contributed by atoms with Crippen LogP contribution >= 0.6 is 0 Å². The zero-order chi connectivity index (χ0) is 12.1. The molecule has 0 spiro atoms. The minimum Gasteiger partial charge on any atom is -0.395 e. The van der Waals surface area contributed by atoms with Gasteiger partial charge in [-0.25, -0.2) is 0 Å². The van der Waals surface area contributed by atoms with E-state index in [4.69, 9.17) is 9.63 Å². The molecule has 5 nitrogen and oxygen atoms in total. The first-order valence-corrected chi connectivity index (χ1v) is 6.25. The molecule has 2 heterocycles. The predicted octanol–water partition coefficient (Wildman–Crippen LogP) is 0.483. The molecule has 0 aromatic carbocycles. The summed E-state index contributed by atoms with van der Waals surface area (Å²) in [7, 11) is 0. The van der Waals surface area contributed by atoms with E-state index < -0.39 is 0 Å². The van der Waals surface area contributed by atoms with Gasteiger partial charge in [0.2, 0.25) is 0 Å². The first kappa shape index (κ1) is 12.5. The number of nitrogens with zero attached hydrogens (tertiary/aromatic N) is 3. The summed E-state index contributed by atoms with van der Waals surface area (Å²) in [6.07, 6.45) is 1.15. The van der Waals surface area contributed by atoms with Crippen molar-refractivity contribution in [1.29, 1.82) is 0 Å². The van der Waals surface area contributed by atoms with Crippen LogP contribution in [0.2, 0.25) is 0 Å². The standard InChI is InChI=1S/C12H21N3O2/c1-11-9-12(17-13-11)10-15-4-2-3-14(5-6-15)7-8-16/h9,16H,2-8,10H2,1H3. The Morgan fingerprint density at radius 3 is 2.76 bits per heavy atom. The lowest BCUT2D eigenvalue weighted by molar-refractivity contribution is 0.192. The molecule has 0 amide bonds. The van der Waals surface area contributed by atoms with Crippen molar-refractivity contribution in [3.05, 3.63) is 17.5 Å². The molecule has 5 heteroatoms. The molecule has 0 bridgehead atoms. The van der Waals surface area contributed by atoms with Crippen molar-refractivity contribution in [2.45, 2.75) is 19.9 Å². The molecule has 1 saturated heterocycles. The van der Waals surface area contributed by atoms with Gasteiger partial charge in [-0.2, -0.15) is 0 Å². The first-order valence-electron chi connectivity index (χ1n) is 6.25. The summed E-state index contributed by atoms with van der Waals surface area (Å²) in [5, 5.41) is 12.8. The molecule has 1 fully saturated rings. The fourth-order valence-electron chi connectivity index (χ4n) is 2.26. The number of β-amino-alcohol motifs (C(OH)–C–C–N with tert-alkyl or cyclic N) is 1. The largest absolute Gasteiger partial charge is 0.395 e. The number of aliphatic hydroxyl groups is 1. The second-order valence-corrected chi connectivity index (χ2v) is 4.63. The Bertz CT molecular complexity index is 340. The molecule has 96 valence electrons. The van der Waals surface area contributed by atoms with E-state index in [-0.39, 0.29) is 6.61 Å². The molecule has 0 atom stereocenters. The van der Waals surface area contributed by atoms with Gasteiger partial charge in [-0.15, -0.1) is 0 Å². The highest BCUT2D eigenvalue weighted by Gasteiger charge is 2.15. The molecule has 1 aromatic heterocycles. The zero-order valence-electron chi connectivity index (χ0n) is 10.4. The maximum atomic E-state index is 8.94. The highest BCUT2D eigenvalue weighted by molar-refractivity contribution is 5.02. The number of aliphatic hydroxyl groups excluding tert-OH is 1. The highest BCUT2D eigenvalue weighted by atomic mass is 16.5. The maximum absolute atomic E-state index is 8.94. The van der Waals surface area contributed by atoms with Crippen LogP contribution in [0.3, 0.4) is 0 Å². The lowest BCUT2D eigenvalue weighted by Crippen LogP contribution is -2.32. The van der Waals surface area contributed by atoms with Crippen molar-refractivity contribution in [3.8, 4) is 0 Å². The van der Waals surface area contributed by atoms with Crippen LogP contribution in [-0.4, -0.2) is 59.4 Å². The van der Waals surface area contributed by atoms with Crippen LogP contribution in [-0.2, 0) is 6.54 Å². The molecular formula is C12H21N3O2. The second kappa shape index (κ2) is 6.14. The Morgan fingerprint density at radius 2 is 2.06 bits per heavy atom. The van der Waals surface area contributed by atoms with Gasteiger partial charge >= 0.3 is 0 Å². The maximum Gasteiger partial charge on any atom is 0.150 e. The zero-order valence-corrected chi connectivity index (χ0v) is 10.4. The topological polar surface area (TPSA) is 52.7 Å². The third kappa shape index (κ3) is 3.80. The number of aromatic nitrogens is 1. The minimum atomic E-state index is 0.251. The first-order chi connectivity index (χ1) is 8.28. The van der Waals surface area contributed by atoms with Gasteiger partial charge in [0.15, 0.2) is 5.76 Å². The third-order valence-electron chi connectivity index (χ3n) is 3.15. The fraction of sp³-hybridized carbons (Fsp3) is 0.750. The van der Waals surface area contributed by atoms with E-state index >= 15 is 0 Å². The second-order valence-electron chi connectivity index (χ2n) is 4.63. The molecule has 0 unspecified atom stereocenters. The summed E-state index contributed by atoms with van der Waals surface area (Å²) < 4.78 is 5.24. The smallest absolute Gasteiger partial charge is 0.150 e. The van der Waals surface area contributed by atoms with Crippen LogP contribution in [0.25, 0.3) is 0 Å².